The van der Waals surface area contributed by atoms with Gasteiger partial charge in [0.1, 0.15) is 0 Å². The highest BCUT2D eigenvalue weighted by molar-refractivity contribution is 7.18. The predicted molar refractivity (Wildman–Crippen MR) is 80.9 cm³/mol. The van der Waals surface area contributed by atoms with Gasteiger partial charge in [-0.25, -0.2) is 4.98 Å². The van der Waals surface area contributed by atoms with E-state index in [1.807, 2.05) is 19.1 Å². The normalized spacial score (nSPS) is 19.7. The number of hydrogen-bond donors (Lipinski definition) is 2. The van der Waals surface area contributed by atoms with Crippen molar-refractivity contribution in [2.45, 2.75) is 32.3 Å². The lowest BCUT2D eigenvalue weighted by atomic mass is 10.1. The van der Waals surface area contributed by atoms with Gasteiger partial charge in [-0.05, 0) is 38.3 Å². The average Bonchev–Trinajstić information content (AvgIpc) is 2.76. The van der Waals surface area contributed by atoms with Crippen LogP contribution in [-0.4, -0.2) is 24.2 Å². The number of nitrogens with two attached hydrogens (primary N) is 1. The van der Waals surface area contributed by atoms with Crippen molar-refractivity contribution in [1.29, 1.82) is 0 Å². The fourth-order valence-electron chi connectivity index (χ4n) is 2.45. The highest BCUT2D eigenvalue weighted by Gasteiger charge is 2.14. The van der Waals surface area contributed by atoms with Crippen LogP contribution in [0.15, 0.2) is 12.1 Å². The predicted octanol–water partition coefficient (Wildman–Crippen LogP) is 3.17. The molecule has 3 rings (SSSR count). The van der Waals surface area contributed by atoms with Crippen molar-refractivity contribution >= 4 is 32.9 Å². The molecule has 0 bridgehead atoms. The van der Waals surface area contributed by atoms with Gasteiger partial charge < -0.3 is 15.8 Å². The highest BCUT2D eigenvalue weighted by atomic mass is 32.1. The number of nitrogen functional groups attached to an aromatic ring is 1. The van der Waals surface area contributed by atoms with Gasteiger partial charge in [0.2, 0.25) is 0 Å². The maximum atomic E-state index is 6.09. The Hall–Kier alpha value is -1.33. The van der Waals surface area contributed by atoms with Crippen molar-refractivity contribution in [1.82, 2.24) is 4.98 Å². The first kappa shape index (κ1) is 12.7. The molecule has 0 radical (unpaired) electrons. The summed E-state index contributed by atoms with van der Waals surface area (Å²) >= 11 is 1.68. The number of nitrogens with one attached hydrogen (secondary N) is 1. The van der Waals surface area contributed by atoms with E-state index < -0.39 is 0 Å². The van der Waals surface area contributed by atoms with Crippen LogP contribution in [0.1, 0.15) is 24.3 Å². The molecular formula is C14H19N3OS. The Bertz CT molecular complexity index is 575. The summed E-state index contributed by atoms with van der Waals surface area (Å²) in [5.74, 6) is 0. The monoisotopic (exact) mass is 277 g/mol. The van der Waals surface area contributed by atoms with Crippen LogP contribution in [0.2, 0.25) is 0 Å². The summed E-state index contributed by atoms with van der Waals surface area (Å²) in [6, 6.07) is 4.04. The average molecular weight is 277 g/mol. The van der Waals surface area contributed by atoms with Gasteiger partial charge in [0.05, 0.1) is 32.7 Å². The minimum Gasteiger partial charge on any atom is -0.397 e. The minimum absolute atomic E-state index is 0.306. The molecule has 0 spiro atoms. The molecule has 0 saturated carbocycles. The second-order valence-electron chi connectivity index (χ2n) is 5.01. The van der Waals surface area contributed by atoms with Crippen molar-refractivity contribution < 1.29 is 4.74 Å². The summed E-state index contributed by atoms with van der Waals surface area (Å²) in [6.45, 7) is 3.72. The number of aromatic nitrogens is 1. The van der Waals surface area contributed by atoms with Crippen LogP contribution in [0.4, 0.5) is 11.4 Å². The van der Waals surface area contributed by atoms with Gasteiger partial charge in [0.25, 0.3) is 0 Å². The van der Waals surface area contributed by atoms with Crippen molar-refractivity contribution in [3.63, 3.8) is 0 Å². The Morgan fingerprint density at radius 2 is 2.37 bits per heavy atom. The molecule has 1 saturated heterocycles. The van der Waals surface area contributed by atoms with Crippen molar-refractivity contribution in [3.8, 4) is 0 Å². The molecule has 3 N–H and O–H groups in total. The van der Waals surface area contributed by atoms with E-state index in [1.165, 1.54) is 12.8 Å². The quantitative estimate of drug-likeness (QED) is 0.846. The third-order valence-corrected chi connectivity index (χ3v) is 4.39. The van der Waals surface area contributed by atoms with Crippen LogP contribution < -0.4 is 11.1 Å². The first-order valence-electron chi connectivity index (χ1n) is 6.74. The summed E-state index contributed by atoms with van der Waals surface area (Å²) < 4.78 is 6.86. The summed E-state index contributed by atoms with van der Waals surface area (Å²) in [5.41, 5.74) is 8.85. The fourth-order valence-corrected chi connectivity index (χ4v) is 3.31. The second-order valence-corrected chi connectivity index (χ2v) is 6.24. The lowest BCUT2D eigenvalue weighted by molar-refractivity contribution is 0.0248. The Balaban J connectivity index is 1.74. The van der Waals surface area contributed by atoms with Gasteiger partial charge in [-0.15, -0.1) is 11.3 Å². The van der Waals surface area contributed by atoms with E-state index in [2.05, 4.69) is 10.3 Å². The van der Waals surface area contributed by atoms with Crippen LogP contribution in [0.25, 0.3) is 10.2 Å². The van der Waals surface area contributed by atoms with E-state index in [-0.39, 0.29) is 0 Å². The Morgan fingerprint density at radius 3 is 3.16 bits per heavy atom. The molecule has 2 aromatic rings. The molecule has 1 aliphatic heterocycles. The number of nitrogens with zero attached hydrogens (tertiary/aromatic N) is 1. The van der Waals surface area contributed by atoms with E-state index in [0.29, 0.717) is 6.10 Å². The van der Waals surface area contributed by atoms with E-state index in [4.69, 9.17) is 10.5 Å². The molecular weight excluding hydrogens is 258 g/mol. The zero-order chi connectivity index (χ0) is 13.2. The van der Waals surface area contributed by atoms with Gasteiger partial charge in [-0.2, -0.15) is 0 Å². The van der Waals surface area contributed by atoms with E-state index in [1.54, 1.807) is 11.3 Å². The number of fused-ring (bicyclic) bond motifs is 1. The molecule has 1 aliphatic rings. The molecule has 0 amide bonds. The SMILES string of the molecule is Cc1nc2cc(NCC3CCCCO3)c(N)cc2s1. The molecule has 1 unspecified atom stereocenters. The first-order chi connectivity index (χ1) is 9.22. The summed E-state index contributed by atoms with van der Waals surface area (Å²) in [5, 5.41) is 4.47. The Kier molecular flexibility index (Phi) is 3.57. The highest BCUT2D eigenvalue weighted by Crippen LogP contribution is 2.29. The van der Waals surface area contributed by atoms with Gasteiger partial charge in [-0.1, -0.05) is 0 Å². The second kappa shape index (κ2) is 5.35. The van der Waals surface area contributed by atoms with Gasteiger partial charge in [0.15, 0.2) is 0 Å². The number of hydrogen-bond acceptors (Lipinski definition) is 5. The first-order valence-corrected chi connectivity index (χ1v) is 7.56. The number of rotatable bonds is 3. The number of thiazole rings is 1. The number of benzene rings is 1. The third-order valence-electron chi connectivity index (χ3n) is 3.46. The van der Waals surface area contributed by atoms with Crippen LogP contribution in [0, 0.1) is 6.92 Å². The van der Waals surface area contributed by atoms with Gasteiger partial charge in [0, 0.05) is 13.2 Å². The van der Waals surface area contributed by atoms with Crippen molar-refractivity contribution in [3.05, 3.63) is 17.1 Å². The molecule has 1 aromatic heterocycles. The smallest absolute Gasteiger partial charge is 0.0907 e. The Labute approximate surface area is 117 Å². The van der Waals surface area contributed by atoms with E-state index >= 15 is 0 Å². The maximum absolute atomic E-state index is 6.09. The number of anilines is 2. The van der Waals surface area contributed by atoms with E-state index in [9.17, 15) is 0 Å². The molecule has 5 heteroatoms. The van der Waals surface area contributed by atoms with E-state index in [0.717, 1.165) is 46.2 Å². The molecule has 1 aromatic carbocycles. The molecule has 0 aliphatic carbocycles. The topological polar surface area (TPSA) is 60.2 Å². The van der Waals surface area contributed by atoms with Crippen LogP contribution in [-0.2, 0) is 4.74 Å². The zero-order valence-corrected chi connectivity index (χ0v) is 11.9. The Morgan fingerprint density at radius 1 is 1.47 bits per heavy atom. The van der Waals surface area contributed by atoms with Crippen LogP contribution >= 0.6 is 11.3 Å². The largest absolute Gasteiger partial charge is 0.397 e. The molecule has 2 heterocycles. The standard InChI is InChI=1S/C14H19N3OS/c1-9-17-13-7-12(11(15)6-14(13)19-9)16-8-10-4-2-3-5-18-10/h6-7,10,16H,2-5,8,15H2,1H3. The molecule has 4 nitrogen and oxygen atoms in total. The zero-order valence-electron chi connectivity index (χ0n) is 11.1. The summed E-state index contributed by atoms with van der Waals surface area (Å²) in [6.07, 6.45) is 3.88. The molecule has 102 valence electrons. The van der Waals surface area contributed by atoms with Crippen molar-refractivity contribution in [2.24, 2.45) is 0 Å². The van der Waals surface area contributed by atoms with Gasteiger partial charge >= 0.3 is 0 Å². The minimum atomic E-state index is 0.306. The summed E-state index contributed by atoms with van der Waals surface area (Å²) in [4.78, 5) is 4.50. The lowest BCUT2D eigenvalue weighted by Crippen LogP contribution is -2.27. The molecule has 1 fully saturated rings. The number of ether oxygens (including phenoxy) is 1. The van der Waals surface area contributed by atoms with Crippen molar-refractivity contribution in [2.75, 3.05) is 24.2 Å². The maximum Gasteiger partial charge on any atom is 0.0907 e. The van der Waals surface area contributed by atoms with Gasteiger partial charge in [-0.3, -0.25) is 0 Å². The third kappa shape index (κ3) is 2.82. The molecule has 1 atom stereocenters. The fraction of sp³-hybridized carbons (Fsp3) is 0.500. The lowest BCUT2D eigenvalue weighted by Gasteiger charge is -2.23. The van der Waals surface area contributed by atoms with Crippen LogP contribution in [0.3, 0.4) is 0 Å². The summed E-state index contributed by atoms with van der Waals surface area (Å²) in [7, 11) is 0. The van der Waals surface area contributed by atoms with Crippen LogP contribution in [0.5, 0.6) is 0 Å². The number of aryl methyl sites for hydroxylation is 1. The molecule has 19 heavy (non-hydrogen) atoms.